The van der Waals surface area contributed by atoms with Crippen LogP contribution in [0.4, 0.5) is 0 Å². The highest BCUT2D eigenvalue weighted by molar-refractivity contribution is 5.72. The molecule has 0 aromatic rings. The third-order valence-electron chi connectivity index (χ3n) is 4.25. The molecule has 0 radical (unpaired) electrons. The number of carbonyl (C=O) groups is 1. The molecule has 4 atom stereocenters. The molecule has 3 nitrogen and oxygen atoms in total. The van der Waals surface area contributed by atoms with E-state index in [1.807, 2.05) is 0 Å². The predicted octanol–water partition coefficient (Wildman–Crippen LogP) is 2.44. The molecule has 1 saturated heterocycles. The van der Waals surface area contributed by atoms with Crippen LogP contribution in [0, 0.1) is 11.8 Å². The molecule has 0 aromatic carbocycles. The third-order valence-corrected chi connectivity index (χ3v) is 4.25. The molecule has 86 valence electrons. The summed E-state index contributed by atoms with van der Waals surface area (Å²) in [4.78, 5) is 10.8. The average molecular weight is 212 g/mol. The highest BCUT2D eigenvalue weighted by atomic mass is 16.5. The minimum Gasteiger partial charge on any atom is -0.479 e. The molecule has 0 aromatic heterocycles. The Kier molecular flexibility index (Phi) is 2.75. The van der Waals surface area contributed by atoms with Crippen molar-refractivity contribution in [2.75, 3.05) is 0 Å². The van der Waals surface area contributed by atoms with E-state index in [4.69, 9.17) is 9.84 Å². The molecule has 4 unspecified atom stereocenters. The minimum absolute atomic E-state index is 0.102. The maximum atomic E-state index is 10.8. The normalized spacial score (nSPS) is 45.9. The van der Waals surface area contributed by atoms with Crippen molar-refractivity contribution in [3.8, 4) is 0 Å². The Bertz CT molecular complexity index is 264. The van der Waals surface area contributed by atoms with E-state index in [0.717, 1.165) is 25.2 Å². The molecule has 2 fully saturated rings. The van der Waals surface area contributed by atoms with Gasteiger partial charge in [0, 0.05) is 0 Å². The van der Waals surface area contributed by atoms with E-state index in [0.29, 0.717) is 12.3 Å². The zero-order valence-electron chi connectivity index (χ0n) is 9.53. The van der Waals surface area contributed by atoms with Crippen molar-refractivity contribution in [3.05, 3.63) is 0 Å². The summed E-state index contributed by atoms with van der Waals surface area (Å²) in [7, 11) is 0. The van der Waals surface area contributed by atoms with Gasteiger partial charge < -0.3 is 9.84 Å². The number of carboxylic acids is 1. The molecule has 1 N–H and O–H groups in total. The van der Waals surface area contributed by atoms with Gasteiger partial charge in [-0.15, -0.1) is 0 Å². The quantitative estimate of drug-likeness (QED) is 0.726. The number of hydrogen-bond donors (Lipinski definition) is 1. The Labute approximate surface area is 90.8 Å². The van der Waals surface area contributed by atoms with Crippen molar-refractivity contribution < 1.29 is 14.6 Å². The van der Waals surface area contributed by atoms with Crippen LogP contribution in [0.15, 0.2) is 0 Å². The van der Waals surface area contributed by atoms with Gasteiger partial charge in [-0.1, -0.05) is 13.8 Å². The van der Waals surface area contributed by atoms with E-state index in [1.54, 1.807) is 0 Å². The highest BCUT2D eigenvalue weighted by Gasteiger charge is 2.46. The molecule has 2 rings (SSSR count). The summed E-state index contributed by atoms with van der Waals surface area (Å²) in [5.74, 6) is 0.618. The Hall–Kier alpha value is -0.570. The second-order valence-corrected chi connectivity index (χ2v) is 5.36. The van der Waals surface area contributed by atoms with Crippen LogP contribution in [-0.4, -0.2) is 22.8 Å². The van der Waals surface area contributed by atoms with Gasteiger partial charge >= 0.3 is 5.97 Å². The minimum atomic E-state index is -0.793. The maximum absolute atomic E-state index is 10.8. The number of aliphatic carboxylic acids is 1. The van der Waals surface area contributed by atoms with Gasteiger partial charge in [-0.25, -0.2) is 4.79 Å². The Morgan fingerprint density at radius 2 is 1.93 bits per heavy atom. The van der Waals surface area contributed by atoms with Crippen LogP contribution in [0.1, 0.15) is 46.0 Å². The van der Waals surface area contributed by atoms with Gasteiger partial charge in [-0.2, -0.15) is 0 Å². The molecular formula is C12H20O3. The first-order valence-corrected chi connectivity index (χ1v) is 5.93. The molecule has 1 saturated carbocycles. The lowest BCUT2D eigenvalue weighted by molar-refractivity contribution is -0.158. The topological polar surface area (TPSA) is 46.5 Å². The fraction of sp³-hybridized carbons (Fsp3) is 0.917. The summed E-state index contributed by atoms with van der Waals surface area (Å²) in [6.45, 7) is 4.53. The van der Waals surface area contributed by atoms with E-state index in [1.165, 1.54) is 6.42 Å². The molecule has 1 aliphatic heterocycles. The van der Waals surface area contributed by atoms with E-state index < -0.39 is 12.1 Å². The average Bonchev–Trinajstić information content (AvgIpc) is 2.57. The van der Waals surface area contributed by atoms with Crippen molar-refractivity contribution in [2.45, 2.75) is 57.7 Å². The second kappa shape index (κ2) is 3.78. The number of carboxylic acid groups (broad SMARTS) is 1. The van der Waals surface area contributed by atoms with Crippen LogP contribution in [0.2, 0.25) is 0 Å². The van der Waals surface area contributed by atoms with Crippen LogP contribution in [0.5, 0.6) is 0 Å². The Morgan fingerprint density at radius 1 is 1.27 bits per heavy atom. The largest absolute Gasteiger partial charge is 0.479 e. The molecule has 0 amide bonds. The smallest absolute Gasteiger partial charge is 0.332 e. The van der Waals surface area contributed by atoms with Crippen molar-refractivity contribution in [1.82, 2.24) is 0 Å². The fourth-order valence-electron chi connectivity index (χ4n) is 2.99. The molecule has 1 heterocycles. The lowest BCUT2D eigenvalue weighted by atomic mass is 9.72. The van der Waals surface area contributed by atoms with Crippen LogP contribution >= 0.6 is 0 Å². The van der Waals surface area contributed by atoms with E-state index in [-0.39, 0.29) is 5.60 Å². The lowest BCUT2D eigenvalue weighted by Crippen LogP contribution is -2.38. The maximum Gasteiger partial charge on any atom is 0.332 e. The number of rotatable bonds is 1. The van der Waals surface area contributed by atoms with E-state index >= 15 is 0 Å². The standard InChI is InChI=1S/C12H20O3/c1-8-3-5-12(7-9(8)2)6-4-10(15-12)11(13)14/h8-10H,3-7H2,1-2H3,(H,13,14). The summed E-state index contributed by atoms with van der Waals surface area (Å²) in [5, 5.41) is 8.92. The number of ether oxygens (including phenoxy) is 1. The van der Waals surface area contributed by atoms with Crippen molar-refractivity contribution in [2.24, 2.45) is 11.8 Å². The molecular weight excluding hydrogens is 192 g/mol. The van der Waals surface area contributed by atoms with Gasteiger partial charge in [0.1, 0.15) is 0 Å². The van der Waals surface area contributed by atoms with Gasteiger partial charge in [0.05, 0.1) is 5.60 Å². The van der Waals surface area contributed by atoms with Crippen LogP contribution in [0.3, 0.4) is 0 Å². The zero-order chi connectivity index (χ0) is 11.1. The van der Waals surface area contributed by atoms with E-state index in [2.05, 4.69) is 13.8 Å². The van der Waals surface area contributed by atoms with Gasteiger partial charge in [0.2, 0.25) is 0 Å². The van der Waals surface area contributed by atoms with Crippen molar-refractivity contribution in [1.29, 1.82) is 0 Å². The monoisotopic (exact) mass is 212 g/mol. The zero-order valence-corrected chi connectivity index (χ0v) is 9.53. The Morgan fingerprint density at radius 3 is 2.47 bits per heavy atom. The predicted molar refractivity (Wildman–Crippen MR) is 56.7 cm³/mol. The summed E-state index contributed by atoms with van der Waals surface area (Å²) < 4.78 is 5.77. The summed E-state index contributed by atoms with van der Waals surface area (Å²) >= 11 is 0. The SMILES string of the molecule is CC1CCC2(CCC(C(=O)O)O2)CC1C. The van der Waals surface area contributed by atoms with Gasteiger partial charge in [-0.05, 0) is 43.9 Å². The van der Waals surface area contributed by atoms with Crippen molar-refractivity contribution >= 4 is 5.97 Å². The van der Waals surface area contributed by atoms with Crippen LogP contribution < -0.4 is 0 Å². The summed E-state index contributed by atoms with van der Waals surface area (Å²) in [6, 6.07) is 0. The molecule has 3 heteroatoms. The first-order chi connectivity index (χ1) is 7.02. The van der Waals surface area contributed by atoms with Crippen LogP contribution in [0.25, 0.3) is 0 Å². The Balaban J connectivity index is 2.01. The molecule has 1 spiro atoms. The first kappa shape index (κ1) is 10.9. The van der Waals surface area contributed by atoms with E-state index in [9.17, 15) is 4.79 Å². The third kappa shape index (κ3) is 2.03. The fourth-order valence-corrected chi connectivity index (χ4v) is 2.99. The van der Waals surface area contributed by atoms with Crippen LogP contribution in [-0.2, 0) is 9.53 Å². The lowest BCUT2D eigenvalue weighted by Gasteiger charge is -2.39. The molecule has 2 aliphatic rings. The summed E-state index contributed by atoms with van der Waals surface area (Å²) in [6.07, 6.45) is 4.33. The molecule has 15 heavy (non-hydrogen) atoms. The van der Waals surface area contributed by atoms with Crippen molar-refractivity contribution in [3.63, 3.8) is 0 Å². The second-order valence-electron chi connectivity index (χ2n) is 5.36. The van der Waals surface area contributed by atoms with Gasteiger partial charge in [0.25, 0.3) is 0 Å². The molecule has 1 aliphatic carbocycles. The molecule has 0 bridgehead atoms. The number of hydrogen-bond acceptors (Lipinski definition) is 2. The highest BCUT2D eigenvalue weighted by Crippen LogP contribution is 2.45. The van der Waals surface area contributed by atoms with Gasteiger partial charge in [-0.3, -0.25) is 0 Å². The van der Waals surface area contributed by atoms with Gasteiger partial charge in [0.15, 0.2) is 6.10 Å². The first-order valence-electron chi connectivity index (χ1n) is 5.93. The summed E-state index contributed by atoms with van der Waals surface area (Å²) in [5.41, 5.74) is -0.102.